The second kappa shape index (κ2) is 9.32. The van der Waals surface area contributed by atoms with Crippen molar-refractivity contribution in [3.63, 3.8) is 0 Å². The molecule has 0 bridgehead atoms. The number of carbonyl (C=O) groups is 2. The van der Waals surface area contributed by atoms with Gasteiger partial charge in [0.25, 0.3) is 5.91 Å². The van der Waals surface area contributed by atoms with Crippen LogP contribution in [0, 0.1) is 0 Å². The molecule has 7 nitrogen and oxygen atoms in total. The van der Waals surface area contributed by atoms with Crippen LogP contribution in [0.3, 0.4) is 0 Å². The Balaban J connectivity index is 1.40. The summed E-state index contributed by atoms with van der Waals surface area (Å²) in [4.78, 5) is 32.9. The Hall–Kier alpha value is -3.17. The third-order valence-electron chi connectivity index (χ3n) is 4.83. The number of nitrogens with one attached hydrogen (secondary N) is 1. The predicted molar refractivity (Wildman–Crippen MR) is 122 cm³/mol. The van der Waals surface area contributed by atoms with Gasteiger partial charge in [-0.15, -0.1) is 11.3 Å². The van der Waals surface area contributed by atoms with Crippen molar-refractivity contribution in [2.24, 2.45) is 0 Å². The van der Waals surface area contributed by atoms with Crippen LogP contribution < -0.4 is 14.8 Å². The molecule has 2 aromatic heterocycles. The molecule has 3 aromatic rings. The van der Waals surface area contributed by atoms with Gasteiger partial charge in [0, 0.05) is 23.9 Å². The number of thiophene rings is 1. The topological polar surface area (TPSA) is 80.8 Å². The van der Waals surface area contributed by atoms with Gasteiger partial charge in [-0.2, -0.15) is 0 Å². The number of benzene rings is 1. The Morgan fingerprint density at radius 2 is 2.03 bits per heavy atom. The Bertz CT molecular complexity index is 1120. The number of rotatable bonds is 6. The van der Waals surface area contributed by atoms with Crippen LogP contribution in [0.4, 0.5) is 5.13 Å². The standard InChI is InChI=1S/C22H21N3O4S2/c1-28-16-7-5-14(12-17(16)29-2)6-8-20(26)25-10-9-15-19(13-25)31-22(23-15)24-21(27)18-4-3-11-30-18/h3-8,11-12H,9-10,13H2,1-2H3,(H,23,24,27)/b8-6+. The second-order valence-electron chi connectivity index (χ2n) is 6.78. The highest BCUT2D eigenvalue weighted by atomic mass is 32.1. The van der Waals surface area contributed by atoms with Crippen molar-refractivity contribution in [2.75, 3.05) is 26.1 Å². The largest absolute Gasteiger partial charge is 0.493 e. The van der Waals surface area contributed by atoms with Crippen molar-refractivity contribution in [3.8, 4) is 11.5 Å². The van der Waals surface area contributed by atoms with Gasteiger partial charge in [-0.1, -0.05) is 23.5 Å². The molecule has 9 heteroatoms. The summed E-state index contributed by atoms with van der Waals surface area (Å²) in [6, 6.07) is 9.11. The highest BCUT2D eigenvalue weighted by Crippen LogP contribution is 2.30. The van der Waals surface area contributed by atoms with E-state index < -0.39 is 0 Å². The Morgan fingerprint density at radius 1 is 1.19 bits per heavy atom. The van der Waals surface area contributed by atoms with Crippen LogP contribution in [0.2, 0.25) is 0 Å². The van der Waals surface area contributed by atoms with Gasteiger partial charge in [-0.25, -0.2) is 4.98 Å². The van der Waals surface area contributed by atoms with E-state index in [1.165, 1.54) is 22.7 Å². The molecule has 4 rings (SSSR count). The molecular formula is C22H21N3O4S2. The minimum Gasteiger partial charge on any atom is -0.493 e. The number of carbonyl (C=O) groups excluding carboxylic acids is 2. The zero-order valence-corrected chi connectivity index (χ0v) is 18.7. The fourth-order valence-corrected chi connectivity index (χ4v) is 4.87. The first-order valence-electron chi connectivity index (χ1n) is 9.60. The summed E-state index contributed by atoms with van der Waals surface area (Å²) >= 11 is 2.81. The number of nitrogens with zero attached hydrogens (tertiary/aromatic N) is 2. The number of fused-ring (bicyclic) bond motifs is 1. The molecule has 0 atom stereocenters. The van der Waals surface area contributed by atoms with E-state index in [4.69, 9.17) is 9.47 Å². The third-order valence-corrected chi connectivity index (χ3v) is 6.70. The molecule has 1 aliphatic heterocycles. The number of hydrogen-bond donors (Lipinski definition) is 1. The van der Waals surface area contributed by atoms with Crippen molar-refractivity contribution in [1.29, 1.82) is 0 Å². The fraction of sp³-hybridized carbons (Fsp3) is 0.227. The lowest BCUT2D eigenvalue weighted by Crippen LogP contribution is -2.34. The van der Waals surface area contributed by atoms with Gasteiger partial charge in [0.05, 0.1) is 31.3 Å². The van der Waals surface area contributed by atoms with Crippen molar-refractivity contribution >= 4 is 45.7 Å². The van der Waals surface area contributed by atoms with Crippen LogP contribution in [0.5, 0.6) is 11.5 Å². The van der Waals surface area contributed by atoms with Gasteiger partial charge in [0.2, 0.25) is 5.91 Å². The first kappa shape index (κ1) is 21.1. The average molecular weight is 456 g/mol. The molecule has 1 aromatic carbocycles. The summed E-state index contributed by atoms with van der Waals surface area (Å²) in [5, 5.41) is 5.28. The van der Waals surface area contributed by atoms with E-state index >= 15 is 0 Å². The van der Waals surface area contributed by atoms with E-state index in [2.05, 4.69) is 10.3 Å². The summed E-state index contributed by atoms with van der Waals surface area (Å²) in [6.45, 7) is 1.07. The van der Waals surface area contributed by atoms with E-state index in [1.54, 1.807) is 43.4 Å². The van der Waals surface area contributed by atoms with Gasteiger partial charge < -0.3 is 14.4 Å². The fourth-order valence-electron chi connectivity index (χ4n) is 3.23. The van der Waals surface area contributed by atoms with Crippen molar-refractivity contribution < 1.29 is 19.1 Å². The molecular weight excluding hydrogens is 434 g/mol. The number of amides is 2. The zero-order valence-electron chi connectivity index (χ0n) is 17.1. The number of anilines is 1. The molecule has 0 fully saturated rings. The maximum Gasteiger partial charge on any atom is 0.267 e. The molecule has 0 saturated heterocycles. The zero-order chi connectivity index (χ0) is 21.8. The Kier molecular flexibility index (Phi) is 6.34. The van der Waals surface area contributed by atoms with Crippen molar-refractivity contribution in [3.05, 3.63) is 62.8 Å². The summed E-state index contributed by atoms with van der Waals surface area (Å²) in [5.74, 6) is 1.02. The Morgan fingerprint density at radius 3 is 2.77 bits per heavy atom. The molecule has 3 heterocycles. The molecule has 2 amide bonds. The SMILES string of the molecule is COc1ccc(/C=C/C(=O)N2CCc3nc(NC(=O)c4cccs4)sc3C2)cc1OC. The van der Waals surface area contributed by atoms with Gasteiger partial charge in [0.1, 0.15) is 0 Å². The average Bonchev–Trinajstić information content (AvgIpc) is 3.46. The van der Waals surface area contributed by atoms with E-state index in [0.29, 0.717) is 41.0 Å². The van der Waals surface area contributed by atoms with E-state index in [9.17, 15) is 9.59 Å². The summed E-state index contributed by atoms with van der Waals surface area (Å²) < 4.78 is 10.5. The maximum absolute atomic E-state index is 12.7. The normalized spacial score (nSPS) is 13.2. The van der Waals surface area contributed by atoms with E-state index in [1.807, 2.05) is 23.6 Å². The third kappa shape index (κ3) is 4.78. The van der Waals surface area contributed by atoms with Crippen LogP contribution in [-0.4, -0.2) is 42.5 Å². The molecule has 0 radical (unpaired) electrons. The number of thiazole rings is 1. The predicted octanol–water partition coefficient (Wildman–Crippen LogP) is 4.07. The molecule has 0 saturated carbocycles. The summed E-state index contributed by atoms with van der Waals surface area (Å²) in [5.41, 5.74) is 1.79. The second-order valence-corrected chi connectivity index (χ2v) is 8.81. The molecule has 1 N–H and O–H groups in total. The minimum absolute atomic E-state index is 0.0713. The number of methoxy groups -OCH3 is 2. The number of hydrogen-bond acceptors (Lipinski definition) is 7. The first-order valence-corrected chi connectivity index (χ1v) is 11.3. The maximum atomic E-state index is 12.7. The van der Waals surface area contributed by atoms with E-state index in [0.717, 1.165) is 16.1 Å². The van der Waals surface area contributed by atoms with Crippen LogP contribution in [0.1, 0.15) is 25.8 Å². The summed E-state index contributed by atoms with van der Waals surface area (Å²) in [7, 11) is 3.16. The van der Waals surface area contributed by atoms with Gasteiger partial charge in [0.15, 0.2) is 16.6 Å². The first-order chi connectivity index (χ1) is 15.1. The highest BCUT2D eigenvalue weighted by molar-refractivity contribution is 7.16. The molecule has 31 heavy (non-hydrogen) atoms. The van der Waals surface area contributed by atoms with Gasteiger partial charge >= 0.3 is 0 Å². The molecule has 160 valence electrons. The smallest absolute Gasteiger partial charge is 0.267 e. The van der Waals surface area contributed by atoms with Gasteiger partial charge in [-0.3, -0.25) is 14.9 Å². The lowest BCUT2D eigenvalue weighted by atomic mass is 10.1. The lowest BCUT2D eigenvalue weighted by molar-refractivity contribution is -0.126. The van der Waals surface area contributed by atoms with Gasteiger partial charge in [-0.05, 0) is 35.2 Å². The molecule has 0 unspecified atom stereocenters. The highest BCUT2D eigenvalue weighted by Gasteiger charge is 2.23. The number of aromatic nitrogens is 1. The van der Waals surface area contributed by atoms with Crippen molar-refractivity contribution in [1.82, 2.24) is 9.88 Å². The molecule has 0 spiro atoms. The monoisotopic (exact) mass is 455 g/mol. The Labute approximate surface area is 187 Å². The van der Waals surface area contributed by atoms with Crippen LogP contribution in [-0.2, 0) is 17.8 Å². The molecule has 0 aliphatic carbocycles. The van der Waals surface area contributed by atoms with E-state index in [-0.39, 0.29) is 11.8 Å². The van der Waals surface area contributed by atoms with Crippen LogP contribution in [0.15, 0.2) is 41.8 Å². The van der Waals surface area contributed by atoms with Crippen molar-refractivity contribution in [2.45, 2.75) is 13.0 Å². The lowest BCUT2D eigenvalue weighted by Gasteiger charge is -2.24. The quantitative estimate of drug-likeness (QED) is 0.567. The van der Waals surface area contributed by atoms with Crippen LogP contribution >= 0.6 is 22.7 Å². The molecule has 1 aliphatic rings. The van der Waals surface area contributed by atoms with Crippen LogP contribution in [0.25, 0.3) is 6.08 Å². The minimum atomic E-state index is -0.160. The summed E-state index contributed by atoms with van der Waals surface area (Å²) in [6.07, 6.45) is 3.99. The number of ether oxygens (including phenoxy) is 2.